The number of hydrogen-bond donors (Lipinski definition) is 1. The molecule has 1 N–H and O–H groups in total. The van der Waals surface area contributed by atoms with E-state index in [1.54, 1.807) is 0 Å². The van der Waals surface area contributed by atoms with E-state index in [1.165, 1.54) is 6.92 Å². The van der Waals surface area contributed by atoms with E-state index in [0.29, 0.717) is 0 Å². The van der Waals surface area contributed by atoms with E-state index in [1.807, 2.05) is 0 Å². The molecule has 0 amide bonds. The molecule has 1 aromatic carbocycles. The summed E-state index contributed by atoms with van der Waals surface area (Å²) in [6.07, 6.45) is 0. The van der Waals surface area contributed by atoms with Gasteiger partial charge in [0.25, 0.3) is 11.4 Å². The molecule has 0 radical (unpaired) electrons. The molecule has 0 saturated heterocycles. The van der Waals surface area contributed by atoms with Gasteiger partial charge in [-0.25, -0.2) is 0 Å². The fourth-order valence-electron chi connectivity index (χ4n) is 1.27. The Morgan fingerprint density at radius 3 is 1.67 bits per heavy atom. The van der Waals surface area contributed by atoms with Crippen LogP contribution in [0.2, 0.25) is 0 Å². The molecule has 100 valence electrons. The third-order valence-electron chi connectivity index (χ3n) is 1.85. The molecule has 1 rings (SSSR count). The van der Waals surface area contributed by atoms with Gasteiger partial charge in [-0.3, -0.25) is 24.8 Å². The maximum atomic E-state index is 10.9. The normalized spacial score (nSPS) is 10.6. The fourth-order valence-corrected chi connectivity index (χ4v) is 2.07. The summed E-state index contributed by atoms with van der Waals surface area (Å²) < 4.78 is 30.7. The van der Waals surface area contributed by atoms with Crippen molar-refractivity contribution in [2.24, 2.45) is 0 Å². The largest absolute Gasteiger partial charge is 0.308 e. The van der Waals surface area contributed by atoms with Crippen molar-refractivity contribution in [1.29, 1.82) is 0 Å². The van der Waals surface area contributed by atoms with E-state index in [-0.39, 0.29) is 18.0 Å². The third kappa shape index (κ3) is 3.12. The number of halogens is 1. The lowest BCUT2D eigenvalue weighted by Crippen LogP contribution is -2.07. The van der Waals surface area contributed by atoms with Crippen molar-refractivity contribution in [3.8, 4) is 0 Å². The van der Waals surface area contributed by atoms with E-state index < -0.39 is 36.2 Å². The summed E-state index contributed by atoms with van der Waals surface area (Å²) in [6.45, 7) is 1.33. The maximum absolute atomic E-state index is 10.9. The molecule has 0 spiro atoms. The molecule has 0 unspecified atom stereocenters. The molecule has 0 saturated carbocycles. The molecule has 0 aliphatic rings. The first-order valence-electron chi connectivity index (χ1n) is 4.05. The fraction of sp³-hybridized carbons (Fsp3) is 0.143. The summed E-state index contributed by atoms with van der Waals surface area (Å²) in [7, 11) is -5.05. The van der Waals surface area contributed by atoms with Gasteiger partial charge in [-0.15, -0.1) is 12.4 Å². The number of rotatable bonds is 3. The van der Waals surface area contributed by atoms with Crippen LogP contribution in [0.15, 0.2) is 17.0 Å². The van der Waals surface area contributed by atoms with Crippen LogP contribution in [-0.4, -0.2) is 22.8 Å². The van der Waals surface area contributed by atoms with Crippen molar-refractivity contribution >= 4 is 33.9 Å². The van der Waals surface area contributed by atoms with Crippen LogP contribution in [0.5, 0.6) is 0 Å². The Kier molecular flexibility index (Phi) is 4.73. The first kappa shape index (κ1) is 16.2. The topological polar surface area (TPSA) is 141 Å². The average molecular weight is 299 g/mol. The number of nitro groups is 2. The van der Waals surface area contributed by atoms with Gasteiger partial charge in [0.05, 0.1) is 9.85 Å². The number of nitrogens with zero attached hydrogens (tertiary/aromatic N) is 2. The predicted molar refractivity (Wildman–Crippen MR) is 61.6 cm³/mol. The smallest absolute Gasteiger partial charge is 0.281 e. The monoisotopic (exact) mass is 298 g/mol. The zero-order valence-corrected chi connectivity index (χ0v) is 10.4. The van der Waals surface area contributed by atoms with Gasteiger partial charge in [-0.2, -0.15) is 8.42 Å². The minimum absolute atomic E-state index is 0. The highest BCUT2D eigenvalue weighted by atomic mass is 35.5. The van der Waals surface area contributed by atoms with Crippen molar-refractivity contribution < 1.29 is 22.8 Å². The van der Waals surface area contributed by atoms with Gasteiger partial charge in [0.15, 0.2) is 0 Å². The minimum atomic E-state index is -5.05. The summed E-state index contributed by atoms with van der Waals surface area (Å²) in [5.41, 5.74) is -1.92. The number of nitro benzene ring substituents is 2. The summed E-state index contributed by atoms with van der Waals surface area (Å²) >= 11 is 0. The summed E-state index contributed by atoms with van der Waals surface area (Å²) in [5, 5.41) is 21.2. The molecule has 0 heterocycles. The van der Waals surface area contributed by atoms with Crippen molar-refractivity contribution in [1.82, 2.24) is 0 Å². The Bertz CT molecular complexity index is 577. The van der Waals surface area contributed by atoms with Crippen LogP contribution >= 0.6 is 12.4 Å². The highest BCUT2D eigenvalue weighted by molar-refractivity contribution is 7.86. The van der Waals surface area contributed by atoms with E-state index in [4.69, 9.17) is 4.55 Å². The van der Waals surface area contributed by atoms with Crippen LogP contribution in [-0.2, 0) is 10.1 Å². The molecule has 0 aliphatic carbocycles. The Morgan fingerprint density at radius 1 is 1.11 bits per heavy atom. The van der Waals surface area contributed by atoms with Gasteiger partial charge >= 0.3 is 10.1 Å². The molecule has 9 nitrogen and oxygen atoms in total. The van der Waals surface area contributed by atoms with E-state index in [2.05, 4.69) is 0 Å². The number of benzene rings is 1. The lowest BCUT2D eigenvalue weighted by Gasteiger charge is -2.02. The Hall–Kier alpha value is -1.78. The number of aryl methyl sites for hydroxylation is 1. The second-order valence-corrected chi connectivity index (χ2v) is 4.48. The molecular weight excluding hydrogens is 292 g/mol. The van der Waals surface area contributed by atoms with Gasteiger partial charge in [0.2, 0.25) is 4.90 Å². The quantitative estimate of drug-likeness (QED) is 0.506. The van der Waals surface area contributed by atoms with Crippen LogP contribution in [0.1, 0.15) is 5.56 Å². The molecule has 18 heavy (non-hydrogen) atoms. The minimum Gasteiger partial charge on any atom is -0.281 e. The van der Waals surface area contributed by atoms with Gasteiger partial charge in [0, 0.05) is 12.1 Å². The van der Waals surface area contributed by atoms with Crippen molar-refractivity contribution in [3.63, 3.8) is 0 Å². The number of hydrogen-bond acceptors (Lipinski definition) is 6. The second kappa shape index (κ2) is 5.25. The van der Waals surface area contributed by atoms with Gasteiger partial charge in [-0.05, 0) is 12.5 Å². The molecule has 11 heteroatoms. The Morgan fingerprint density at radius 2 is 1.44 bits per heavy atom. The lowest BCUT2D eigenvalue weighted by atomic mass is 10.2. The van der Waals surface area contributed by atoms with Crippen LogP contribution < -0.4 is 0 Å². The Labute approximate surface area is 107 Å². The van der Waals surface area contributed by atoms with Gasteiger partial charge in [0.1, 0.15) is 0 Å². The molecular formula is C7H7ClN2O7S. The zero-order valence-electron chi connectivity index (χ0n) is 8.76. The van der Waals surface area contributed by atoms with Crippen LogP contribution in [0.4, 0.5) is 11.4 Å². The Balaban J connectivity index is 0.00000289. The van der Waals surface area contributed by atoms with Crippen molar-refractivity contribution in [3.05, 3.63) is 37.9 Å². The second-order valence-electron chi connectivity index (χ2n) is 3.12. The highest BCUT2D eigenvalue weighted by Crippen LogP contribution is 2.33. The SMILES string of the molecule is Cc1cc([N+](=O)[O-])c(S(=O)(=O)O)c([N+](=O)[O-])c1.Cl. The van der Waals surface area contributed by atoms with Crippen LogP contribution in [0, 0.1) is 27.2 Å². The maximum Gasteiger partial charge on any atom is 0.308 e. The summed E-state index contributed by atoms with van der Waals surface area (Å²) in [5.74, 6) is 0. The molecule has 0 bridgehead atoms. The molecule has 0 aromatic heterocycles. The molecule has 0 aliphatic heterocycles. The average Bonchev–Trinajstić information content (AvgIpc) is 2.14. The van der Waals surface area contributed by atoms with E-state index in [9.17, 15) is 28.6 Å². The van der Waals surface area contributed by atoms with E-state index >= 15 is 0 Å². The first-order chi connectivity index (χ1) is 7.64. The van der Waals surface area contributed by atoms with E-state index in [0.717, 1.165) is 12.1 Å². The van der Waals surface area contributed by atoms with Gasteiger partial charge < -0.3 is 0 Å². The van der Waals surface area contributed by atoms with Crippen LogP contribution in [0.25, 0.3) is 0 Å². The first-order valence-corrected chi connectivity index (χ1v) is 5.49. The van der Waals surface area contributed by atoms with Gasteiger partial charge in [-0.1, -0.05) is 0 Å². The summed E-state index contributed by atoms with van der Waals surface area (Å²) in [4.78, 5) is 17.7. The standard InChI is InChI=1S/C7H6N2O7S.ClH/c1-4-2-5(8(10)11)7(17(14,15)16)6(3-4)9(12)13;/h2-3H,1H3,(H,14,15,16);1H. The van der Waals surface area contributed by atoms with Crippen LogP contribution in [0.3, 0.4) is 0 Å². The zero-order chi connectivity index (χ0) is 13.4. The molecule has 0 atom stereocenters. The third-order valence-corrected chi connectivity index (χ3v) is 2.78. The summed E-state index contributed by atoms with van der Waals surface area (Å²) in [6, 6.07) is 1.66. The van der Waals surface area contributed by atoms with Crippen molar-refractivity contribution in [2.45, 2.75) is 11.8 Å². The highest BCUT2D eigenvalue weighted by Gasteiger charge is 2.34. The molecule has 0 fully saturated rings. The van der Waals surface area contributed by atoms with Crippen molar-refractivity contribution in [2.75, 3.05) is 0 Å². The predicted octanol–water partition coefficient (Wildman–Crippen LogP) is 1.48. The molecule has 1 aromatic rings. The lowest BCUT2D eigenvalue weighted by molar-refractivity contribution is -0.400.